The van der Waals surface area contributed by atoms with Gasteiger partial charge in [0.25, 0.3) is 0 Å². The fraction of sp³-hybridized carbons (Fsp3) is 0.647. The number of rotatable bonds is 9. The molecule has 3 heteroatoms. The molecule has 0 saturated heterocycles. The molecule has 1 aromatic carbocycles. The first kappa shape index (κ1) is 17.2. The summed E-state index contributed by atoms with van der Waals surface area (Å²) in [5, 5.41) is 10.1. The highest BCUT2D eigenvalue weighted by Crippen LogP contribution is 2.11. The summed E-state index contributed by atoms with van der Waals surface area (Å²) < 4.78 is 5.48. The Hall–Kier alpha value is -0.900. The van der Waals surface area contributed by atoms with Crippen molar-refractivity contribution in [2.24, 2.45) is 0 Å². The molecule has 1 atom stereocenters. The minimum atomic E-state index is -0.423. The molecule has 114 valence electrons. The van der Waals surface area contributed by atoms with Crippen molar-refractivity contribution in [2.75, 3.05) is 19.7 Å². The van der Waals surface area contributed by atoms with Gasteiger partial charge in [0, 0.05) is 13.1 Å². The predicted molar refractivity (Wildman–Crippen MR) is 83.8 cm³/mol. The van der Waals surface area contributed by atoms with Crippen LogP contribution in [0.2, 0.25) is 0 Å². The first-order chi connectivity index (χ1) is 9.52. The van der Waals surface area contributed by atoms with Gasteiger partial charge in [-0.1, -0.05) is 31.2 Å². The minimum Gasteiger partial charge on any atom is -0.389 e. The van der Waals surface area contributed by atoms with Crippen LogP contribution in [0.1, 0.15) is 38.3 Å². The molecule has 1 aromatic rings. The highest BCUT2D eigenvalue weighted by molar-refractivity contribution is 5.25. The van der Waals surface area contributed by atoms with Gasteiger partial charge in [-0.2, -0.15) is 0 Å². The molecule has 0 amide bonds. The van der Waals surface area contributed by atoms with E-state index in [2.05, 4.69) is 43.0 Å². The maximum absolute atomic E-state index is 10.1. The van der Waals surface area contributed by atoms with Crippen LogP contribution in [0.4, 0.5) is 0 Å². The van der Waals surface area contributed by atoms with Gasteiger partial charge in [0.1, 0.15) is 0 Å². The Bertz CT molecular complexity index is 379. The van der Waals surface area contributed by atoms with Crippen molar-refractivity contribution >= 4 is 0 Å². The van der Waals surface area contributed by atoms with Gasteiger partial charge in [0.2, 0.25) is 0 Å². The quantitative estimate of drug-likeness (QED) is 0.754. The Morgan fingerprint density at radius 3 is 2.55 bits per heavy atom. The summed E-state index contributed by atoms with van der Waals surface area (Å²) in [6, 6.07) is 8.44. The predicted octanol–water partition coefficient (Wildman–Crippen LogP) is 2.99. The van der Waals surface area contributed by atoms with Crippen molar-refractivity contribution in [3.8, 4) is 0 Å². The molecule has 3 nitrogen and oxygen atoms in total. The van der Waals surface area contributed by atoms with Gasteiger partial charge >= 0.3 is 0 Å². The number of benzene rings is 1. The maximum Gasteiger partial charge on any atom is 0.0900 e. The van der Waals surface area contributed by atoms with Crippen LogP contribution in [0.25, 0.3) is 0 Å². The second-order valence-electron chi connectivity index (χ2n) is 5.70. The van der Waals surface area contributed by atoms with E-state index >= 15 is 0 Å². The lowest BCUT2D eigenvalue weighted by Gasteiger charge is -2.25. The number of nitrogens with zero attached hydrogens (tertiary/aromatic N) is 1. The van der Waals surface area contributed by atoms with Crippen LogP contribution in [0.15, 0.2) is 24.3 Å². The molecule has 0 fully saturated rings. The Morgan fingerprint density at radius 2 is 1.95 bits per heavy atom. The average molecular weight is 279 g/mol. The largest absolute Gasteiger partial charge is 0.389 e. The van der Waals surface area contributed by atoms with E-state index in [1.807, 2.05) is 13.8 Å². The van der Waals surface area contributed by atoms with E-state index in [9.17, 15) is 5.11 Å². The van der Waals surface area contributed by atoms with Crippen molar-refractivity contribution in [2.45, 2.75) is 52.9 Å². The van der Waals surface area contributed by atoms with Gasteiger partial charge in [-0.3, -0.25) is 4.90 Å². The summed E-state index contributed by atoms with van der Waals surface area (Å²) >= 11 is 0. The Kier molecular flexibility index (Phi) is 7.82. The fourth-order valence-corrected chi connectivity index (χ4v) is 2.23. The van der Waals surface area contributed by atoms with Crippen LogP contribution in [-0.2, 0) is 11.3 Å². The van der Waals surface area contributed by atoms with Gasteiger partial charge < -0.3 is 9.84 Å². The molecular formula is C17H29NO2. The second kappa shape index (κ2) is 9.11. The summed E-state index contributed by atoms with van der Waals surface area (Å²) in [5.41, 5.74) is 2.64. The molecule has 20 heavy (non-hydrogen) atoms. The van der Waals surface area contributed by atoms with Gasteiger partial charge in [-0.15, -0.1) is 0 Å². The van der Waals surface area contributed by atoms with E-state index in [1.54, 1.807) is 0 Å². The minimum absolute atomic E-state index is 0.167. The van der Waals surface area contributed by atoms with E-state index in [1.165, 1.54) is 11.1 Å². The van der Waals surface area contributed by atoms with Gasteiger partial charge in [0.15, 0.2) is 0 Å². The van der Waals surface area contributed by atoms with Crippen LogP contribution in [0, 0.1) is 6.92 Å². The summed E-state index contributed by atoms with van der Waals surface area (Å²) in [7, 11) is 0. The Labute approximate surface area is 123 Å². The molecule has 0 saturated carbocycles. The van der Waals surface area contributed by atoms with E-state index < -0.39 is 6.10 Å². The van der Waals surface area contributed by atoms with E-state index in [4.69, 9.17) is 4.74 Å². The number of aliphatic hydroxyl groups excluding tert-OH is 1. The molecule has 0 aliphatic heterocycles. The number of hydrogen-bond acceptors (Lipinski definition) is 3. The number of hydrogen-bond donors (Lipinski definition) is 1. The highest BCUT2D eigenvalue weighted by atomic mass is 16.5. The van der Waals surface area contributed by atoms with Crippen molar-refractivity contribution in [3.63, 3.8) is 0 Å². The molecule has 1 unspecified atom stereocenters. The second-order valence-corrected chi connectivity index (χ2v) is 5.70. The SMILES string of the molecule is CCCN(Cc1ccccc1C)CC(O)COC(C)C. The summed E-state index contributed by atoms with van der Waals surface area (Å²) in [5.74, 6) is 0. The maximum atomic E-state index is 10.1. The highest BCUT2D eigenvalue weighted by Gasteiger charge is 2.13. The third-order valence-electron chi connectivity index (χ3n) is 3.29. The lowest BCUT2D eigenvalue weighted by atomic mass is 10.1. The van der Waals surface area contributed by atoms with Gasteiger partial charge in [0.05, 0.1) is 18.8 Å². The van der Waals surface area contributed by atoms with E-state index in [0.29, 0.717) is 13.2 Å². The molecule has 0 aliphatic rings. The molecule has 1 N–H and O–H groups in total. The normalized spacial score (nSPS) is 13.2. The van der Waals surface area contributed by atoms with E-state index in [0.717, 1.165) is 19.5 Å². The topological polar surface area (TPSA) is 32.7 Å². The van der Waals surface area contributed by atoms with Crippen molar-refractivity contribution < 1.29 is 9.84 Å². The molecule has 0 radical (unpaired) electrons. The molecular weight excluding hydrogens is 250 g/mol. The van der Waals surface area contributed by atoms with Crippen LogP contribution < -0.4 is 0 Å². The number of aliphatic hydroxyl groups is 1. The van der Waals surface area contributed by atoms with E-state index in [-0.39, 0.29) is 6.10 Å². The fourth-order valence-electron chi connectivity index (χ4n) is 2.23. The van der Waals surface area contributed by atoms with Crippen molar-refractivity contribution in [1.82, 2.24) is 4.90 Å². The summed E-state index contributed by atoms with van der Waals surface area (Å²) in [6.07, 6.45) is 0.831. The lowest BCUT2D eigenvalue weighted by molar-refractivity contribution is -0.00951. The smallest absolute Gasteiger partial charge is 0.0900 e. The zero-order valence-corrected chi connectivity index (χ0v) is 13.3. The average Bonchev–Trinajstić information content (AvgIpc) is 2.39. The third-order valence-corrected chi connectivity index (χ3v) is 3.29. The lowest BCUT2D eigenvalue weighted by Crippen LogP contribution is -2.35. The number of aryl methyl sites for hydroxylation is 1. The molecule has 0 aromatic heterocycles. The summed E-state index contributed by atoms with van der Waals surface area (Å²) in [6.45, 7) is 11.2. The first-order valence-corrected chi connectivity index (χ1v) is 7.59. The monoisotopic (exact) mass is 279 g/mol. The van der Waals surface area contributed by atoms with Crippen LogP contribution >= 0.6 is 0 Å². The van der Waals surface area contributed by atoms with Gasteiger partial charge in [-0.25, -0.2) is 0 Å². The molecule has 0 spiro atoms. The summed E-state index contributed by atoms with van der Waals surface area (Å²) in [4.78, 5) is 2.30. The molecule has 0 bridgehead atoms. The molecule has 1 rings (SSSR count). The van der Waals surface area contributed by atoms with Crippen molar-refractivity contribution in [1.29, 1.82) is 0 Å². The molecule has 0 heterocycles. The zero-order chi connectivity index (χ0) is 15.0. The van der Waals surface area contributed by atoms with Crippen LogP contribution in [-0.4, -0.2) is 41.9 Å². The number of ether oxygens (including phenoxy) is 1. The first-order valence-electron chi connectivity index (χ1n) is 7.59. The third kappa shape index (κ3) is 6.51. The standard InChI is InChI=1S/C17H29NO2/c1-5-10-18(12-17(19)13-20-14(2)3)11-16-9-7-6-8-15(16)4/h6-9,14,17,19H,5,10-13H2,1-4H3. The van der Waals surface area contributed by atoms with Gasteiger partial charge in [-0.05, 0) is 44.9 Å². The van der Waals surface area contributed by atoms with Crippen molar-refractivity contribution in [3.05, 3.63) is 35.4 Å². The van der Waals surface area contributed by atoms with Crippen LogP contribution in [0.3, 0.4) is 0 Å². The molecule has 0 aliphatic carbocycles. The van der Waals surface area contributed by atoms with Crippen LogP contribution in [0.5, 0.6) is 0 Å². The zero-order valence-electron chi connectivity index (χ0n) is 13.3. The Morgan fingerprint density at radius 1 is 1.25 bits per heavy atom. The Balaban J connectivity index is 2.53.